The minimum absolute atomic E-state index is 0.0917. The monoisotopic (exact) mass is 281 g/mol. The van der Waals surface area contributed by atoms with Crippen LogP contribution in [-0.2, 0) is 4.79 Å². The molecule has 16 heavy (non-hydrogen) atoms. The number of carbonyl (C=O) groups is 2. The molecule has 0 radical (unpaired) electrons. The molecular formula is C11H8BrNO3. The molecule has 1 amide bonds. The van der Waals surface area contributed by atoms with Gasteiger partial charge in [0, 0.05) is 10.0 Å². The Morgan fingerprint density at radius 1 is 1.44 bits per heavy atom. The van der Waals surface area contributed by atoms with Crippen molar-refractivity contribution in [2.24, 2.45) is 5.73 Å². The van der Waals surface area contributed by atoms with Gasteiger partial charge in [-0.25, -0.2) is 4.79 Å². The van der Waals surface area contributed by atoms with E-state index < -0.39 is 11.9 Å². The number of carboxylic acid groups (broad SMARTS) is 1. The lowest BCUT2D eigenvalue weighted by atomic mass is 10.1. The van der Waals surface area contributed by atoms with Crippen molar-refractivity contribution in [3.05, 3.63) is 33.8 Å². The molecule has 0 unspecified atom stereocenters. The van der Waals surface area contributed by atoms with Crippen molar-refractivity contribution in [2.45, 2.75) is 6.42 Å². The Labute approximate surface area is 101 Å². The first-order chi connectivity index (χ1) is 7.50. The molecule has 0 fully saturated rings. The summed E-state index contributed by atoms with van der Waals surface area (Å²) in [6.07, 6.45) is -0.0917. The summed E-state index contributed by atoms with van der Waals surface area (Å²) in [5.41, 5.74) is 5.36. The summed E-state index contributed by atoms with van der Waals surface area (Å²) in [7, 11) is 0. The van der Waals surface area contributed by atoms with Gasteiger partial charge >= 0.3 is 5.97 Å². The van der Waals surface area contributed by atoms with Gasteiger partial charge in [-0.3, -0.25) is 4.79 Å². The van der Waals surface area contributed by atoms with E-state index in [0.29, 0.717) is 5.56 Å². The van der Waals surface area contributed by atoms with Gasteiger partial charge in [0.05, 0.1) is 12.0 Å². The Kier molecular flexibility index (Phi) is 4.09. The number of hydrogen-bond donors (Lipinski definition) is 2. The van der Waals surface area contributed by atoms with Crippen molar-refractivity contribution in [1.82, 2.24) is 0 Å². The number of primary amides is 1. The Morgan fingerprint density at radius 3 is 2.69 bits per heavy atom. The summed E-state index contributed by atoms with van der Waals surface area (Å²) < 4.78 is 0.723. The molecule has 0 aliphatic rings. The highest BCUT2D eigenvalue weighted by Crippen LogP contribution is 2.15. The standard InChI is InChI=1S/C11H8BrNO3/c12-8-4-5-9(11(15)16)7(6-8)2-1-3-10(13)14/h4-6H,3H2,(H2,13,14)(H,15,16). The van der Waals surface area contributed by atoms with Crippen LogP contribution in [0.15, 0.2) is 22.7 Å². The van der Waals surface area contributed by atoms with Crippen molar-refractivity contribution >= 4 is 27.8 Å². The highest BCUT2D eigenvalue weighted by atomic mass is 79.9. The number of benzene rings is 1. The molecule has 0 heterocycles. The van der Waals surface area contributed by atoms with Crippen LogP contribution in [-0.4, -0.2) is 17.0 Å². The van der Waals surface area contributed by atoms with Crippen LogP contribution in [0.3, 0.4) is 0 Å². The van der Waals surface area contributed by atoms with Crippen LogP contribution in [0.2, 0.25) is 0 Å². The largest absolute Gasteiger partial charge is 0.478 e. The van der Waals surface area contributed by atoms with Crippen LogP contribution in [0.5, 0.6) is 0 Å². The van der Waals surface area contributed by atoms with Gasteiger partial charge in [-0.05, 0) is 18.2 Å². The molecule has 1 rings (SSSR count). The van der Waals surface area contributed by atoms with Crippen molar-refractivity contribution < 1.29 is 14.7 Å². The van der Waals surface area contributed by atoms with Crippen molar-refractivity contribution in [3.63, 3.8) is 0 Å². The van der Waals surface area contributed by atoms with E-state index in [1.54, 1.807) is 12.1 Å². The van der Waals surface area contributed by atoms with E-state index in [1.807, 2.05) is 0 Å². The summed E-state index contributed by atoms with van der Waals surface area (Å²) in [6, 6.07) is 4.64. The summed E-state index contributed by atoms with van der Waals surface area (Å²) in [5, 5.41) is 8.89. The van der Waals surface area contributed by atoms with Crippen molar-refractivity contribution in [3.8, 4) is 11.8 Å². The third-order valence-electron chi connectivity index (χ3n) is 1.70. The molecule has 4 nitrogen and oxygen atoms in total. The molecule has 1 aromatic rings. The van der Waals surface area contributed by atoms with Gasteiger partial charge in [0.2, 0.25) is 5.91 Å². The first kappa shape index (κ1) is 12.3. The number of nitrogens with two attached hydrogens (primary N) is 1. The first-order valence-electron chi connectivity index (χ1n) is 4.30. The zero-order valence-corrected chi connectivity index (χ0v) is 9.74. The number of amides is 1. The number of carboxylic acids is 1. The molecule has 0 saturated carbocycles. The van der Waals surface area contributed by atoms with Gasteiger partial charge in [-0.15, -0.1) is 0 Å². The summed E-state index contributed by atoms with van der Waals surface area (Å²) in [6.45, 7) is 0. The lowest BCUT2D eigenvalue weighted by Gasteiger charge is -1.99. The maximum Gasteiger partial charge on any atom is 0.336 e. The minimum atomic E-state index is -1.06. The number of aromatic carboxylic acids is 1. The molecular weight excluding hydrogens is 274 g/mol. The van der Waals surface area contributed by atoms with Crippen LogP contribution in [0.25, 0.3) is 0 Å². The molecule has 0 bridgehead atoms. The lowest BCUT2D eigenvalue weighted by molar-refractivity contribution is -0.117. The van der Waals surface area contributed by atoms with E-state index in [2.05, 4.69) is 27.8 Å². The van der Waals surface area contributed by atoms with Gasteiger partial charge < -0.3 is 10.8 Å². The van der Waals surface area contributed by atoms with Gasteiger partial charge in [0.25, 0.3) is 0 Å². The van der Waals surface area contributed by atoms with E-state index in [0.717, 1.165) is 4.47 Å². The van der Waals surface area contributed by atoms with E-state index in [-0.39, 0.29) is 12.0 Å². The predicted octanol–water partition coefficient (Wildman–Crippen LogP) is 1.37. The highest BCUT2D eigenvalue weighted by Gasteiger charge is 2.08. The fraction of sp³-hybridized carbons (Fsp3) is 0.0909. The van der Waals surface area contributed by atoms with Gasteiger partial charge in [0.1, 0.15) is 0 Å². The van der Waals surface area contributed by atoms with E-state index in [4.69, 9.17) is 10.8 Å². The predicted molar refractivity (Wildman–Crippen MR) is 61.8 cm³/mol. The highest BCUT2D eigenvalue weighted by molar-refractivity contribution is 9.10. The maximum absolute atomic E-state index is 10.9. The Morgan fingerprint density at radius 2 is 2.12 bits per heavy atom. The van der Waals surface area contributed by atoms with Crippen LogP contribution < -0.4 is 5.73 Å². The number of hydrogen-bond acceptors (Lipinski definition) is 2. The van der Waals surface area contributed by atoms with Crippen LogP contribution in [0.1, 0.15) is 22.3 Å². The second-order valence-corrected chi connectivity index (χ2v) is 3.86. The van der Waals surface area contributed by atoms with Crippen LogP contribution in [0, 0.1) is 11.8 Å². The third-order valence-corrected chi connectivity index (χ3v) is 2.19. The lowest BCUT2D eigenvalue weighted by Crippen LogP contribution is -2.08. The SMILES string of the molecule is NC(=O)CC#Cc1cc(Br)ccc1C(=O)O. The molecule has 5 heteroatoms. The summed E-state index contributed by atoms with van der Waals surface area (Å²) in [5.74, 6) is 3.52. The van der Waals surface area contributed by atoms with Gasteiger partial charge in [0.15, 0.2) is 0 Å². The smallest absolute Gasteiger partial charge is 0.336 e. The van der Waals surface area contributed by atoms with E-state index >= 15 is 0 Å². The first-order valence-corrected chi connectivity index (χ1v) is 5.10. The molecule has 3 N–H and O–H groups in total. The molecule has 0 spiro atoms. The van der Waals surface area contributed by atoms with Crippen LogP contribution in [0.4, 0.5) is 0 Å². The number of rotatable bonds is 2. The Balaban J connectivity index is 3.08. The Bertz CT molecular complexity index is 500. The topological polar surface area (TPSA) is 80.4 Å². The van der Waals surface area contributed by atoms with Gasteiger partial charge in [-0.2, -0.15) is 0 Å². The maximum atomic E-state index is 10.9. The average molecular weight is 282 g/mol. The zero-order chi connectivity index (χ0) is 12.1. The minimum Gasteiger partial charge on any atom is -0.478 e. The van der Waals surface area contributed by atoms with Crippen LogP contribution >= 0.6 is 15.9 Å². The summed E-state index contributed by atoms with van der Waals surface area (Å²) >= 11 is 3.21. The zero-order valence-electron chi connectivity index (χ0n) is 8.16. The van der Waals surface area contributed by atoms with Crippen molar-refractivity contribution in [1.29, 1.82) is 0 Å². The average Bonchev–Trinajstić information content (AvgIpc) is 2.16. The van der Waals surface area contributed by atoms with Crippen molar-refractivity contribution in [2.75, 3.05) is 0 Å². The fourth-order valence-corrected chi connectivity index (χ4v) is 1.39. The van der Waals surface area contributed by atoms with E-state index in [1.165, 1.54) is 6.07 Å². The molecule has 0 aliphatic carbocycles. The van der Waals surface area contributed by atoms with E-state index in [9.17, 15) is 9.59 Å². The number of halogens is 1. The fourth-order valence-electron chi connectivity index (χ4n) is 1.03. The molecule has 0 aromatic heterocycles. The third kappa shape index (κ3) is 3.41. The molecule has 0 atom stereocenters. The molecule has 0 aliphatic heterocycles. The molecule has 0 saturated heterocycles. The molecule has 82 valence electrons. The summed E-state index contributed by atoms with van der Waals surface area (Å²) in [4.78, 5) is 21.3. The quantitative estimate of drug-likeness (QED) is 0.804. The second-order valence-electron chi connectivity index (χ2n) is 2.94. The molecule has 1 aromatic carbocycles. The van der Waals surface area contributed by atoms with Gasteiger partial charge in [-0.1, -0.05) is 27.8 Å². The Hall–Kier alpha value is -1.80. The second kappa shape index (κ2) is 5.33. The number of carbonyl (C=O) groups excluding carboxylic acids is 1. The normalized spacial score (nSPS) is 9.06.